The van der Waals surface area contributed by atoms with Crippen LogP contribution in [0.25, 0.3) is 0 Å². The monoisotopic (exact) mass is 523 g/mol. The molecule has 1 aliphatic rings. The van der Waals surface area contributed by atoms with Gasteiger partial charge in [0.15, 0.2) is 0 Å². The molecule has 4 rings (SSSR count). The molecule has 0 spiro atoms. The van der Waals surface area contributed by atoms with Gasteiger partial charge in [-0.15, -0.1) is 0 Å². The number of carbonyl (C=O) groups is 1. The van der Waals surface area contributed by atoms with Crippen molar-refractivity contribution in [1.82, 2.24) is 14.5 Å². The third-order valence-electron chi connectivity index (χ3n) is 6.52. The first-order chi connectivity index (χ1) is 17.7. The second-order valence-electron chi connectivity index (χ2n) is 10.4. The van der Waals surface area contributed by atoms with Gasteiger partial charge in [0.2, 0.25) is 20.9 Å². The lowest BCUT2D eigenvalue weighted by Gasteiger charge is -2.26. The standard InChI is InChI=1S/C29H37N3O4S/c1-22(2)18-32-26(17-30-29(32)37(34,35)21-25-12-7-9-23(3)15-25)19-31(20-27-13-8-14-36-27)28(33)16-24-10-5-4-6-11-24/h4-7,9-12,15,17,22,27H,8,13-14,16,18-21H2,1-3H3/t27-/m0/s1. The summed E-state index contributed by atoms with van der Waals surface area (Å²) >= 11 is 0. The zero-order valence-corrected chi connectivity index (χ0v) is 22.8. The fourth-order valence-electron chi connectivity index (χ4n) is 4.78. The average molecular weight is 524 g/mol. The van der Waals surface area contributed by atoms with Crippen molar-refractivity contribution >= 4 is 15.7 Å². The van der Waals surface area contributed by atoms with Gasteiger partial charge in [0.1, 0.15) is 0 Å². The Labute approximate surface area is 220 Å². The predicted octanol–water partition coefficient (Wildman–Crippen LogP) is 4.57. The molecule has 2 heterocycles. The molecule has 0 aliphatic carbocycles. The van der Waals surface area contributed by atoms with Gasteiger partial charge >= 0.3 is 0 Å². The SMILES string of the molecule is Cc1cccc(CS(=O)(=O)c2ncc(CN(C[C@@H]3CCCO3)C(=O)Cc3ccccc3)n2CC(C)C)c1. The highest BCUT2D eigenvalue weighted by atomic mass is 32.2. The highest BCUT2D eigenvalue weighted by Crippen LogP contribution is 2.22. The molecule has 2 aromatic carbocycles. The molecule has 198 valence electrons. The zero-order chi connectivity index (χ0) is 26.4. The number of carbonyl (C=O) groups excluding carboxylic acids is 1. The number of sulfone groups is 1. The first-order valence-corrected chi connectivity index (χ1v) is 14.6. The lowest BCUT2D eigenvalue weighted by atomic mass is 10.1. The molecule has 0 saturated carbocycles. The van der Waals surface area contributed by atoms with Gasteiger partial charge in [-0.1, -0.05) is 74.0 Å². The summed E-state index contributed by atoms with van der Waals surface area (Å²) in [6, 6.07) is 17.2. The summed E-state index contributed by atoms with van der Waals surface area (Å²) in [4.78, 5) is 19.6. The van der Waals surface area contributed by atoms with E-state index in [0.717, 1.165) is 35.2 Å². The number of hydrogen-bond acceptors (Lipinski definition) is 5. The van der Waals surface area contributed by atoms with Crippen molar-refractivity contribution in [3.63, 3.8) is 0 Å². The molecule has 0 unspecified atom stereocenters. The molecule has 0 N–H and O–H groups in total. The maximum absolute atomic E-state index is 13.5. The number of imidazole rings is 1. The molecule has 1 amide bonds. The van der Waals surface area contributed by atoms with E-state index in [1.165, 1.54) is 0 Å². The maximum Gasteiger partial charge on any atom is 0.228 e. The van der Waals surface area contributed by atoms with Crippen molar-refractivity contribution in [2.75, 3.05) is 13.2 Å². The maximum atomic E-state index is 13.5. The van der Waals surface area contributed by atoms with Crippen LogP contribution < -0.4 is 0 Å². The van der Waals surface area contributed by atoms with Crippen molar-refractivity contribution in [2.24, 2.45) is 5.92 Å². The third-order valence-corrected chi connectivity index (χ3v) is 8.11. The minimum absolute atomic E-state index is 0.00860. The lowest BCUT2D eigenvalue weighted by molar-refractivity contribution is -0.132. The van der Waals surface area contributed by atoms with Crippen LogP contribution in [-0.2, 0) is 44.6 Å². The van der Waals surface area contributed by atoms with Gasteiger partial charge in [-0.25, -0.2) is 13.4 Å². The summed E-state index contributed by atoms with van der Waals surface area (Å²) in [5.74, 6) is 0.0752. The van der Waals surface area contributed by atoms with Gasteiger partial charge in [0.05, 0.1) is 36.7 Å². The smallest absolute Gasteiger partial charge is 0.228 e. The van der Waals surface area contributed by atoms with E-state index >= 15 is 0 Å². The molecule has 0 bridgehead atoms. The van der Waals surface area contributed by atoms with Gasteiger partial charge in [0, 0.05) is 19.7 Å². The molecule has 1 atom stereocenters. The van der Waals surface area contributed by atoms with Gasteiger partial charge in [-0.05, 0) is 36.8 Å². The molecular weight excluding hydrogens is 486 g/mol. The van der Waals surface area contributed by atoms with Gasteiger partial charge < -0.3 is 14.2 Å². The van der Waals surface area contributed by atoms with Crippen LogP contribution in [0.3, 0.4) is 0 Å². The minimum Gasteiger partial charge on any atom is -0.376 e. The van der Waals surface area contributed by atoms with Crippen molar-refractivity contribution < 1.29 is 17.9 Å². The van der Waals surface area contributed by atoms with E-state index in [2.05, 4.69) is 4.98 Å². The summed E-state index contributed by atoms with van der Waals surface area (Å²) in [7, 11) is -3.69. The van der Waals surface area contributed by atoms with Crippen LogP contribution >= 0.6 is 0 Å². The van der Waals surface area contributed by atoms with Crippen LogP contribution in [0.5, 0.6) is 0 Å². The number of aryl methyl sites for hydroxylation is 1. The second kappa shape index (κ2) is 12.0. The number of hydrogen-bond donors (Lipinski definition) is 0. The number of ether oxygens (including phenoxy) is 1. The average Bonchev–Trinajstić information content (AvgIpc) is 3.49. The van der Waals surface area contributed by atoms with Crippen LogP contribution in [-0.4, -0.2) is 48.0 Å². The molecular formula is C29H37N3O4S. The van der Waals surface area contributed by atoms with Gasteiger partial charge in [-0.3, -0.25) is 4.79 Å². The van der Waals surface area contributed by atoms with Gasteiger partial charge in [-0.2, -0.15) is 0 Å². The Morgan fingerprint density at radius 2 is 1.89 bits per heavy atom. The Morgan fingerprint density at radius 3 is 2.57 bits per heavy atom. The van der Waals surface area contributed by atoms with E-state index in [1.807, 2.05) is 75.4 Å². The topological polar surface area (TPSA) is 81.5 Å². The van der Waals surface area contributed by atoms with E-state index in [-0.39, 0.29) is 41.8 Å². The molecule has 1 saturated heterocycles. The zero-order valence-electron chi connectivity index (χ0n) is 22.0. The van der Waals surface area contributed by atoms with E-state index in [9.17, 15) is 13.2 Å². The Morgan fingerprint density at radius 1 is 1.14 bits per heavy atom. The lowest BCUT2D eigenvalue weighted by Crippen LogP contribution is -2.38. The summed E-state index contributed by atoms with van der Waals surface area (Å²) in [6.45, 7) is 8.01. The molecule has 1 fully saturated rings. The predicted molar refractivity (Wildman–Crippen MR) is 144 cm³/mol. The number of benzene rings is 2. The molecule has 7 nitrogen and oxygen atoms in total. The van der Waals surface area contributed by atoms with Crippen LogP contribution in [0, 0.1) is 12.8 Å². The number of aromatic nitrogens is 2. The fraction of sp³-hybridized carbons (Fsp3) is 0.448. The van der Waals surface area contributed by atoms with Crippen molar-refractivity contribution in [2.45, 2.75) is 70.1 Å². The van der Waals surface area contributed by atoms with Crippen molar-refractivity contribution in [1.29, 1.82) is 0 Å². The van der Waals surface area contributed by atoms with E-state index in [1.54, 1.807) is 15.7 Å². The minimum atomic E-state index is -3.69. The van der Waals surface area contributed by atoms with Crippen LogP contribution in [0.2, 0.25) is 0 Å². The summed E-state index contributed by atoms with van der Waals surface area (Å²) in [6.07, 6.45) is 3.79. The normalized spacial score (nSPS) is 15.8. The van der Waals surface area contributed by atoms with Crippen LogP contribution in [0.1, 0.15) is 49.1 Å². The molecule has 8 heteroatoms. The molecule has 3 aromatic rings. The number of nitrogens with zero attached hydrogens (tertiary/aromatic N) is 3. The summed E-state index contributed by atoms with van der Waals surface area (Å²) in [5.41, 5.74) is 3.41. The van der Waals surface area contributed by atoms with Crippen LogP contribution in [0.4, 0.5) is 0 Å². The van der Waals surface area contributed by atoms with Crippen molar-refractivity contribution in [3.8, 4) is 0 Å². The van der Waals surface area contributed by atoms with E-state index in [4.69, 9.17) is 4.74 Å². The Balaban J connectivity index is 1.62. The summed E-state index contributed by atoms with van der Waals surface area (Å²) in [5, 5.41) is 0.0604. The third kappa shape index (κ3) is 7.29. The second-order valence-corrected chi connectivity index (χ2v) is 12.2. The fourth-order valence-corrected chi connectivity index (χ4v) is 6.27. The quantitative estimate of drug-likeness (QED) is 0.368. The van der Waals surface area contributed by atoms with E-state index in [0.29, 0.717) is 19.7 Å². The van der Waals surface area contributed by atoms with Crippen molar-refractivity contribution in [3.05, 3.63) is 83.2 Å². The molecule has 1 aliphatic heterocycles. The Kier molecular flexibility index (Phi) is 8.82. The van der Waals surface area contributed by atoms with Gasteiger partial charge in [0.25, 0.3) is 0 Å². The molecule has 1 aromatic heterocycles. The Hall–Kier alpha value is -2.97. The molecule has 0 radical (unpaired) electrons. The largest absolute Gasteiger partial charge is 0.376 e. The highest BCUT2D eigenvalue weighted by Gasteiger charge is 2.28. The molecule has 37 heavy (non-hydrogen) atoms. The first-order valence-electron chi connectivity index (χ1n) is 13.0. The Bertz CT molecular complexity index is 1300. The summed E-state index contributed by atoms with van der Waals surface area (Å²) < 4.78 is 34.6. The van der Waals surface area contributed by atoms with E-state index < -0.39 is 9.84 Å². The number of rotatable bonds is 11. The number of amides is 1. The first kappa shape index (κ1) is 27.1. The highest BCUT2D eigenvalue weighted by molar-refractivity contribution is 7.90. The van der Waals surface area contributed by atoms with Crippen LogP contribution in [0.15, 0.2) is 66.0 Å².